The maximum Gasteiger partial charge on any atom is 0.0854 e. The van der Waals surface area contributed by atoms with E-state index >= 15 is 0 Å². The Morgan fingerprint density at radius 2 is 1.93 bits per heavy atom. The summed E-state index contributed by atoms with van der Waals surface area (Å²) in [7, 11) is 0. The second kappa shape index (κ2) is 4.49. The third-order valence-corrected chi connectivity index (χ3v) is 2.38. The lowest BCUT2D eigenvalue weighted by Gasteiger charge is -2.08. The fraction of sp³-hybridized carbons (Fsp3) is 0.727. The van der Waals surface area contributed by atoms with Crippen molar-refractivity contribution < 1.29 is 0 Å². The Morgan fingerprint density at radius 3 is 2.36 bits per heavy atom. The molecule has 0 saturated heterocycles. The van der Waals surface area contributed by atoms with E-state index in [-0.39, 0.29) is 0 Å². The van der Waals surface area contributed by atoms with Crippen LogP contribution in [-0.2, 0) is 19.4 Å². The van der Waals surface area contributed by atoms with Crippen LogP contribution in [0.4, 0.5) is 5.69 Å². The number of nitrogens with zero attached hydrogens (tertiary/aromatic N) is 2. The molecule has 0 unspecified atom stereocenters. The summed E-state index contributed by atoms with van der Waals surface area (Å²) in [6.45, 7) is 9.58. The minimum atomic E-state index is 0.615. The van der Waals surface area contributed by atoms with Crippen LogP contribution in [0, 0.1) is 5.92 Å². The minimum absolute atomic E-state index is 0.615. The lowest BCUT2D eigenvalue weighted by Crippen LogP contribution is -2.09. The lowest BCUT2D eigenvalue weighted by atomic mass is 10.2. The smallest absolute Gasteiger partial charge is 0.0854 e. The summed E-state index contributed by atoms with van der Waals surface area (Å²) in [5, 5.41) is 4.53. The number of nitrogen functional groups attached to an aromatic ring is 1. The molecule has 0 spiro atoms. The van der Waals surface area contributed by atoms with E-state index in [4.69, 9.17) is 5.73 Å². The van der Waals surface area contributed by atoms with Crippen LogP contribution in [0.5, 0.6) is 0 Å². The van der Waals surface area contributed by atoms with Crippen LogP contribution in [0.25, 0.3) is 0 Å². The molecule has 0 atom stereocenters. The van der Waals surface area contributed by atoms with Crippen LogP contribution in [0.15, 0.2) is 0 Å². The van der Waals surface area contributed by atoms with Gasteiger partial charge in [-0.3, -0.25) is 4.68 Å². The molecule has 1 aromatic heterocycles. The Morgan fingerprint density at radius 1 is 1.29 bits per heavy atom. The van der Waals surface area contributed by atoms with E-state index in [1.54, 1.807) is 0 Å². The van der Waals surface area contributed by atoms with Crippen molar-refractivity contribution in [3.05, 3.63) is 11.4 Å². The molecule has 14 heavy (non-hydrogen) atoms. The molecule has 2 N–H and O–H groups in total. The first-order chi connectivity index (χ1) is 6.60. The first kappa shape index (κ1) is 11.1. The predicted molar refractivity (Wildman–Crippen MR) is 60.2 cm³/mol. The number of hydrogen-bond donors (Lipinski definition) is 1. The van der Waals surface area contributed by atoms with Gasteiger partial charge in [0.05, 0.1) is 17.1 Å². The van der Waals surface area contributed by atoms with Gasteiger partial charge in [-0.1, -0.05) is 27.7 Å². The molecule has 0 aliphatic heterocycles. The van der Waals surface area contributed by atoms with Crippen molar-refractivity contribution in [2.45, 2.75) is 47.1 Å². The molecular weight excluding hydrogens is 174 g/mol. The number of anilines is 1. The Balaban J connectivity index is 3.02. The van der Waals surface area contributed by atoms with E-state index in [2.05, 4.69) is 37.5 Å². The van der Waals surface area contributed by atoms with Crippen molar-refractivity contribution in [1.29, 1.82) is 0 Å². The van der Waals surface area contributed by atoms with Gasteiger partial charge in [-0.05, 0) is 18.8 Å². The highest BCUT2D eigenvalue weighted by molar-refractivity contribution is 5.48. The molecule has 3 heteroatoms. The predicted octanol–water partition coefficient (Wildman–Crippen LogP) is 2.25. The van der Waals surface area contributed by atoms with Gasteiger partial charge in [-0.2, -0.15) is 5.10 Å². The Labute approximate surface area is 86.3 Å². The average Bonchev–Trinajstić information content (AvgIpc) is 2.41. The fourth-order valence-corrected chi connectivity index (χ4v) is 1.70. The van der Waals surface area contributed by atoms with Crippen molar-refractivity contribution in [3.63, 3.8) is 0 Å². The number of aryl methyl sites for hydroxylation is 1. The van der Waals surface area contributed by atoms with Crippen LogP contribution in [-0.4, -0.2) is 9.78 Å². The molecule has 3 nitrogen and oxygen atoms in total. The van der Waals surface area contributed by atoms with Gasteiger partial charge in [0.2, 0.25) is 0 Å². The standard InChI is InChI=1S/C11H21N3/c1-5-9-11(12)10(6-2)14(13-9)7-8(3)4/h8H,5-7,12H2,1-4H3. The van der Waals surface area contributed by atoms with Crippen LogP contribution >= 0.6 is 0 Å². The largest absolute Gasteiger partial charge is 0.396 e. The number of aromatic nitrogens is 2. The Kier molecular flexibility index (Phi) is 3.55. The van der Waals surface area contributed by atoms with Gasteiger partial charge in [0.1, 0.15) is 0 Å². The number of rotatable bonds is 4. The minimum Gasteiger partial charge on any atom is -0.396 e. The van der Waals surface area contributed by atoms with Crippen molar-refractivity contribution in [2.75, 3.05) is 5.73 Å². The molecular formula is C11H21N3. The zero-order valence-electron chi connectivity index (χ0n) is 9.67. The number of nitrogens with two attached hydrogens (primary N) is 1. The molecule has 0 bridgehead atoms. The van der Waals surface area contributed by atoms with E-state index in [1.165, 1.54) is 5.69 Å². The fourth-order valence-electron chi connectivity index (χ4n) is 1.70. The van der Waals surface area contributed by atoms with Gasteiger partial charge >= 0.3 is 0 Å². The topological polar surface area (TPSA) is 43.8 Å². The third-order valence-electron chi connectivity index (χ3n) is 2.38. The highest BCUT2D eigenvalue weighted by atomic mass is 15.3. The van der Waals surface area contributed by atoms with E-state index in [9.17, 15) is 0 Å². The van der Waals surface area contributed by atoms with Crippen molar-refractivity contribution in [3.8, 4) is 0 Å². The molecule has 0 saturated carbocycles. The van der Waals surface area contributed by atoms with Gasteiger partial charge in [0.25, 0.3) is 0 Å². The van der Waals surface area contributed by atoms with Gasteiger partial charge in [0, 0.05) is 6.54 Å². The SMILES string of the molecule is CCc1nn(CC(C)C)c(CC)c1N. The molecule has 1 heterocycles. The molecule has 1 aromatic rings. The first-order valence-corrected chi connectivity index (χ1v) is 5.44. The van der Waals surface area contributed by atoms with Crippen molar-refractivity contribution >= 4 is 5.69 Å². The average molecular weight is 195 g/mol. The summed E-state index contributed by atoms with van der Waals surface area (Å²) in [4.78, 5) is 0. The molecule has 80 valence electrons. The third kappa shape index (κ3) is 2.08. The van der Waals surface area contributed by atoms with Crippen LogP contribution in [0.3, 0.4) is 0 Å². The summed E-state index contributed by atoms with van der Waals surface area (Å²) in [5.41, 5.74) is 9.15. The Bertz CT molecular complexity index is 300. The molecule has 0 aliphatic rings. The van der Waals surface area contributed by atoms with E-state index < -0.39 is 0 Å². The van der Waals surface area contributed by atoms with Crippen molar-refractivity contribution in [1.82, 2.24) is 9.78 Å². The molecule has 1 rings (SSSR count). The second-order valence-electron chi connectivity index (χ2n) is 4.09. The molecule has 0 fully saturated rings. The molecule has 0 aromatic carbocycles. The second-order valence-corrected chi connectivity index (χ2v) is 4.09. The molecule has 0 radical (unpaired) electrons. The van der Waals surface area contributed by atoms with Gasteiger partial charge in [0.15, 0.2) is 0 Å². The number of hydrogen-bond acceptors (Lipinski definition) is 2. The van der Waals surface area contributed by atoms with Gasteiger partial charge in [-0.25, -0.2) is 0 Å². The monoisotopic (exact) mass is 195 g/mol. The summed E-state index contributed by atoms with van der Waals surface area (Å²) in [6.07, 6.45) is 1.88. The maximum atomic E-state index is 6.02. The summed E-state index contributed by atoms with van der Waals surface area (Å²) >= 11 is 0. The van der Waals surface area contributed by atoms with E-state index in [0.29, 0.717) is 5.92 Å². The van der Waals surface area contributed by atoms with E-state index in [1.807, 2.05) is 0 Å². The zero-order valence-corrected chi connectivity index (χ0v) is 9.67. The van der Waals surface area contributed by atoms with E-state index in [0.717, 1.165) is 30.8 Å². The normalized spacial score (nSPS) is 11.2. The Hall–Kier alpha value is -0.990. The summed E-state index contributed by atoms with van der Waals surface area (Å²) in [5.74, 6) is 0.615. The highest BCUT2D eigenvalue weighted by Crippen LogP contribution is 2.19. The lowest BCUT2D eigenvalue weighted by molar-refractivity contribution is 0.467. The van der Waals surface area contributed by atoms with Gasteiger partial charge in [-0.15, -0.1) is 0 Å². The summed E-state index contributed by atoms with van der Waals surface area (Å²) < 4.78 is 2.07. The zero-order chi connectivity index (χ0) is 10.7. The quantitative estimate of drug-likeness (QED) is 0.800. The van der Waals surface area contributed by atoms with Crippen LogP contribution < -0.4 is 5.73 Å². The van der Waals surface area contributed by atoms with Crippen LogP contribution in [0.2, 0.25) is 0 Å². The maximum absolute atomic E-state index is 6.02. The van der Waals surface area contributed by atoms with Crippen LogP contribution in [0.1, 0.15) is 39.1 Å². The summed E-state index contributed by atoms with van der Waals surface area (Å²) in [6, 6.07) is 0. The first-order valence-electron chi connectivity index (χ1n) is 5.44. The molecule has 0 amide bonds. The van der Waals surface area contributed by atoms with Gasteiger partial charge < -0.3 is 5.73 Å². The highest BCUT2D eigenvalue weighted by Gasteiger charge is 2.12. The molecule has 0 aliphatic carbocycles. The van der Waals surface area contributed by atoms with Crippen molar-refractivity contribution in [2.24, 2.45) is 5.92 Å².